The highest BCUT2D eigenvalue weighted by atomic mass is 32.1. The van der Waals surface area contributed by atoms with E-state index in [0.29, 0.717) is 24.8 Å². The SMILES string of the molecule is C[C@]12C=CC(=O)C=C1CC[C@@H]1[C@@H]2[C@@H](O)C[C@@]2(C)[C@H]1C[C@H]1O[C@@H](c3ccc(Cc4cccc(NS)c4)c(O)c3)O[C@]12C(=O)CO. The molecule has 1 heterocycles. The van der Waals surface area contributed by atoms with E-state index in [9.17, 15) is 24.9 Å². The van der Waals surface area contributed by atoms with Gasteiger partial charge in [-0.15, -0.1) is 0 Å². The third kappa shape index (κ3) is 4.20. The van der Waals surface area contributed by atoms with E-state index in [-0.39, 0.29) is 29.3 Å². The van der Waals surface area contributed by atoms with Crippen molar-refractivity contribution in [2.75, 3.05) is 11.3 Å². The number of benzene rings is 2. The molecule has 4 N–H and O–H groups in total. The van der Waals surface area contributed by atoms with E-state index in [1.165, 1.54) is 0 Å². The summed E-state index contributed by atoms with van der Waals surface area (Å²) in [5.74, 6) is -0.361. The van der Waals surface area contributed by atoms with Crippen molar-refractivity contribution in [3.8, 4) is 5.75 Å². The lowest BCUT2D eigenvalue weighted by Crippen LogP contribution is -2.63. The number of hydrogen-bond acceptors (Lipinski definition) is 9. The molecule has 1 saturated heterocycles. The van der Waals surface area contributed by atoms with Gasteiger partial charge >= 0.3 is 0 Å². The van der Waals surface area contributed by atoms with Crippen LogP contribution in [0.4, 0.5) is 5.69 Å². The maximum Gasteiger partial charge on any atom is 0.193 e. The summed E-state index contributed by atoms with van der Waals surface area (Å²) in [6.45, 7) is 3.43. The average molecular weight is 618 g/mol. The van der Waals surface area contributed by atoms with Gasteiger partial charge in [0, 0.05) is 34.4 Å². The Kier molecular flexibility index (Phi) is 7.14. The van der Waals surface area contributed by atoms with Gasteiger partial charge in [0.15, 0.2) is 23.5 Å². The number of allylic oxidation sites excluding steroid dienone is 4. The molecule has 0 spiro atoms. The van der Waals surface area contributed by atoms with Crippen LogP contribution in [-0.4, -0.2) is 51.3 Å². The van der Waals surface area contributed by atoms with E-state index >= 15 is 0 Å². The first-order chi connectivity index (χ1) is 21.0. The van der Waals surface area contributed by atoms with Crippen LogP contribution in [0.2, 0.25) is 0 Å². The summed E-state index contributed by atoms with van der Waals surface area (Å²) in [4.78, 5) is 25.9. The molecule has 8 nitrogen and oxygen atoms in total. The number of anilines is 1. The van der Waals surface area contributed by atoms with Gasteiger partial charge in [0.05, 0.1) is 12.2 Å². The molecule has 0 bridgehead atoms. The van der Waals surface area contributed by atoms with Crippen LogP contribution in [0.25, 0.3) is 0 Å². The van der Waals surface area contributed by atoms with Crippen LogP contribution in [0.15, 0.2) is 66.3 Å². The number of thiol groups is 1. The van der Waals surface area contributed by atoms with Gasteiger partial charge in [-0.2, -0.15) is 0 Å². The molecular weight excluding hydrogens is 578 g/mol. The summed E-state index contributed by atoms with van der Waals surface area (Å²) in [6.07, 6.45) is 5.97. The van der Waals surface area contributed by atoms with Crippen molar-refractivity contribution in [1.29, 1.82) is 0 Å². The summed E-state index contributed by atoms with van der Waals surface area (Å²) >= 11 is 4.11. The number of hydrogen-bond donors (Lipinski definition) is 5. The van der Waals surface area contributed by atoms with Crippen molar-refractivity contribution in [3.63, 3.8) is 0 Å². The third-order valence-corrected chi connectivity index (χ3v) is 11.9. The molecule has 3 saturated carbocycles. The predicted octanol–water partition coefficient (Wildman–Crippen LogP) is 4.84. The van der Waals surface area contributed by atoms with Gasteiger partial charge in [-0.1, -0.05) is 62.6 Å². The first-order valence-electron chi connectivity index (χ1n) is 15.4. The minimum absolute atomic E-state index is 0.0131. The zero-order valence-electron chi connectivity index (χ0n) is 24.9. The fourth-order valence-electron chi connectivity index (χ4n) is 9.68. The lowest BCUT2D eigenvalue weighted by molar-refractivity contribution is -0.201. The number of carbonyl (C=O) groups excluding carboxylic acids is 2. The molecule has 232 valence electrons. The molecule has 4 fully saturated rings. The van der Waals surface area contributed by atoms with E-state index in [4.69, 9.17) is 9.47 Å². The molecule has 2 aromatic carbocycles. The fraction of sp³-hybridized carbons (Fsp3) is 0.486. The number of fused-ring (bicyclic) bond motifs is 7. The lowest BCUT2D eigenvalue weighted by Gasteiger charge is -2.59. The molecule has 0 amide bonds. The van der Waals surface area contributed by atoms with E-state index in [0.717, 1.165) is 35.2 Å². The number of carbonyl (C=O) groups is 2. The number of Topliss-reactive ketones (excluding diaryl/α,β-unsaturated/α-hetero) is 1. The maximum absolute atomic E-state index is 13.8. The summed E-state index contributed by atoms with van der Waals surface area (Å²) in [6, 6.07) is 13.1. The van der Waals surface area contributed by atoms with Crippen LogP contribution in [-0.2, 0) is 25.5 Å². The van der Waals surface area contributed by atoms with E-state index in [1.807, 2.05) is 49.4 Å². The molecule has 0 unspecified atom stereocenters. The van der Waals surface area contributed by atoms with Crippen molar-refractivity contribution in [2.45, 2.75) is 70.1 Å². The first-order valence-corrected chi connectivity index (χ1v) is 15.9. The van der Waals surface area contributed by atoms with Crippen molar-refractivity contribution >= 4 is 30.1 Å². The number of rotatable bonds is 6. The van der Waals surface area contributed by atoms with Crippen molar-refractivity contribution < 1.29 is 34.4 Å². The van der Waals surface area contributed by atoms with Crippen LogP contribution >= 0.6 is 12.8 Å². The number of aliphatic hydroxyl groups is 2. The summed E-state index contributed by atoms with van der Waals surface area (Å²) in [5.41, 5.74) is 1.59. The molecule has 44 heavy (non-hydrogen) atoms. The molecule has 9 heteroatoms. The zero-order chi connectivity index (χ0) is 31.0. The van der Waals surface area contributed by atoms with Crippen LogP contribution in [0.3, 0.4) is 0 Å². The minimum atomic E-state index is -1.44. The van der Waals surface area contributed by atoms with Crippen molar-refractivity contribution in [1.82, 2.24) is 0 Å². The van der Waals surface area contributed by atoms with Gasteiger partial charge in [0.2, 0.25) is 0 Å². The molecule has 0 radical (unpaired) electrons. The summed E-state index contributed by atoms with van der Waals surface area (Å²) < 4.78 is 16.0. The second-order valence-electron chi connectivity index (χ2n) is 13.7. The van der Waals surface area contributed by atoms with E-state index in [1.54, 1.807) is 18.2 Å². The summed E-state index contributed by atoms with van der Waals surface area (Å²) in [7, 11) is 0. The van der Waals surface area contributed by atoms with Gasteiger partial charge in [-0.25, -0.2) is 0 Å². The maximum atomic E-state index is 13.8. The van der Waals surface area contributed by atoms with Crippen LogP contribution in [0.1, 0.15) is 62.5 Å². The highest BCUT2D eigenvalue weighted by Gasteiger charge is 2.75. The van der Waals surface area contributed by atoms with Gasteiger partial charge < -0.3 is 29.5 Å². The second-order valence-corrected chi connectivity index (χ2v) is 13.9. The third-order valence-electron chi connectivity index (χ3n) is 11.6. The Balaban J connectivity index is 1.18. The Labute approximate surface area is 262 Å². The van der Waals surface area contributed by atoms with Gasteiger partial charge in [0.25, 0.3) is 0 Å². The average Bonchev–Trinajstić information content (AvgIpc) is 3.51. The molecule has 4 aliphatic carbocycles. The van der Waals surface area contributed by atoms with Crippen LogP contribution < -0.4 is 4.72 Å². The lowest BCUT2D eigenvalue weighted by atomic mass is 9.46. The highest BCUT2D eigenvalue weighted by Crippen LogP contribution is 2.70. The standard InChI is InChI=1S/C35H39NO7S/c1-33-11-10-24(38)15-22(33)8-9-25-26-16-30-35(29(41)18-37,34(26,2)17-28(40)31(25)33)43-32(42-30)21-7-6-20(27(39)14-21)12-19-4-3-5-23(13-19)36-44/h3-7,10-11,13-15,25-26,28,30-32,36-37,39-40,44H,8-9,12,16-18H2,1-2H3/t25-,26-,28-,30+,31+,32+,33-,34-,35+/m0/s1. The smallest absolute Gasteiger partial charge is 0.193 e. The first kappa shape index (κ1) is 29.7. The predicted molar refractivity (Wildman–Crippen MR) is 167 cm³/mol. The number of phenols is 1. The Bertz CT molecular complexity index is 1590. The van der Waals surface area contributed by atoms with E-state index < -0.39 is 47.3 Å². The fourth-order valence-corrected chi connectivity index (χ4v) is 9.82. The molecule has 7 rings (SSSR count). The Hall–Kier alpha value is -2.95. The second kappa shape index (κ2) is 10.6. The number of ether oxygens (including phenoxy) is 2. The van der Waals surface area contributed by atoms with Gasteiger partial charge in [-0.05, 0) is 79.0 Å². The molecule has 0 aromatic heterocycles. The Morgan fingerprint density at radius 1 is 1.18 bits per heavy atom. The van der Waals surface area contributed by atoms with E-state index in [2.05, 4.69) is 24.5 Å². The minimum Gasteiger partial charge on any atom is -0.508 e. The largest absolute Gasteiger partial charge is 0.508 e. The van der Waals surface area contributed by atoms with Gasteiger partial charge in [0.1, 0.15) is 12.4 Å². The number of phenolic OH excluding ortho intramolecular Hbond substituents is 1. The number of nitrogens with one attached hydrogen (secondary N) is 1. The van der Waals surface area contributed by atoms with Crippen molar-refractivity contribution in [3.05, 3.63) is 83.0 Å². The Morgan fingerprint density at radius 2 is 2.00 bits per heavy atom. The van der Waals surface area contributed by atoms with Gasteiger partial charge in [-0.3, -0.25) is 9.59 Å². The number of ketones is 2. The quantitative estimate of drug-likeness (QED) is 0.292. The molecule has 2 aromatic rings. The number of aliphatic hydroxyl groups excluding tert-OH is 2. The molecule has 1 aliphatic heterocycles. The molecular formula is C35H39NO7S. The Morgan fingerprint density at radius 3 is 2.75 bits per heavy atom. The normalized spacial score (nSPS) is 38.8. The monoisotopic (exact) mass is 617 g/mol. The molecule has 5 aliphatic rings. The summed E-state index contributed by atoms with van der Waals surface area (Å²) in [5, 5.41) is 33.0. The number of aromatic hydroxyl groups is 1. The molecule has 9 atom stereocenters. The zero-order valence-corrected chi connectivity index (χ0v) is 25.8. The van der Waals surface area contributed by atoms with Crippen LogP contribution in [0.5, 0.6) is 5.75 Å². The van der Waals surface area contributed by atoms with Crippen LogP contribution in [0, 0.1) is 28.6 Å². The topological polar surface area (TPSA) is 125 Å². The van der Waals surface area contributed by atoms with Crippen molar-refractivity contribution in [2.24, 2.45) is 28.6 Å². The highest BCUT2D eigenvalue weighted by molar-refractivity contribution is 7.81.